The number of ether oxygens (including phenoxy) is 6. The van der Waals surface area contributed by atoms with Gasteiger partial charge in [0.05, 0.1) is 31.5 Å². The Hall–Kier alpha value is -3.94. The molecule has 1 aliphatic carbocycles. The van der Waals surface area contributed by atoms with Crippen molar-refractivity contribution in [1.29, 1.82) is 0 Å². The Balaban J connectivity index is 1.69. The van der Waals surface area contributed by atoms with Gasteiger partial charge in [0.1, 0.15) is 41.7 Å². The van der Waals surface area contributed by atoms with E-state index in [1.54, 1.807) is 40.9 Å². The highest BCUT2D eigenvalue weighted by Crippen LogP contribution is 2.38. The minimum absolute atomic E-state index is 0.00697. The monoisotopic (exact) mass is 1030 g/mol. The highest BCUT2D eigenvalue weighted by atomic mass is 16.6. The fraction of sp³-hybridized carbons (Fsp3) is 0.750. The Bertz CT molecular complexity index is 2010. The Morgan fingerprint density at radius 2 is 1.56 bits per heavy atom. The molecule has 2 saturated heterocycles. The molecule has 0 aromatic heterocycles. The van der Waals surface area contributed by atoms with Crippen molar-refractivity contribution in [3.63, 3.8) is 0 Å². The summed E-state index contributed by atoms with van der Waals surface area (Å²) in [5, 5.41) is 43.1. The van der Waals surface area contributed by atoms with Crippen LogP contribution in [0.5, 0.6) is 0 Å². The van der Waals surface area contributed by atoms with Gasteiger partial charge in [-0.15, -0.1) is 0 Å². The molecule has 17 nitrogen and oxygen atoms in total. The van der Waals surface area contributed by atoms with Crippen molar-refractivity contribution in [3.8, 4) is 0 Å². The van der Waals surface area contributed by atoms with Crippen molar-refractivity contribution in [2.75, 3.05) is 41.1 Å². The molecule has 3 aliphatic heterocycles. The highest BCUT2D eigenvalue weighted by Gasteiger charge is 2.53. The summed E-state index contributed by atoms with van der Waals surface area (Å²) in [6.07, 6.45) is 9.76. The maximum Gasteiger partial charge on any atom is 0.329 e. The molecule has 0 spiro atoms. The van der Waals surface area contributed by atoms with Gasteiger partial charge in [0, 0.05) is 58.5 Å². The Morgan fingerprint density at radius 3 is 2.21 bits per heavy atom. The summed E-state index contributed by atoms with van der Waals surface area (Å²) in [5.41, 5.74) is -0.277. The third kappa shape index (κ3) is 16.0. The van der Waals surface area contributed by atoms with E-state index in [1.807, 2.05) is 51.2 Å². The van der Waals surface area contributed by atoms with Crippen LogP contribution in [0.15, 0.2) is 47.6 Å². The minimum atomic E-state index is -2.47. The van der Waals surface area contributed by atoms with E-state index in [4.69, 9.17) is 28.4 Å². The number of fused-ring (bicyclic) bond motifs is 3. The van der Waals surface area contributed by atoms with E-state index in [9.17, 15) is 49.2 Å². The predicted molar refractivity (Wildman–Crippen MR) is 271 cm³/mol. The van der Waals surface area contributed by atoms with E-state index in [0.717, 1.165) is 10.5 Å². The first-order valence-corrected chi connectivity index (χ1v) is 26.4. The lowest BCUT2D eigenvalue weighted by Crippen LogP contribution is -2.61. The topological polar surface area (TPSA) is 242 Å². The summed E-state index contributed by atoms with van der Waals surface area (Å²) < 4.78 is 35.4. The third-order valence-corrected chi connectivity index (χ3v) is 15.9. The number of nitrogens with zero attached hydrogens (tertiary/aromatic N) is 1. The summed E-state index contributed by atoms with van der Waals surface area (Å²) in [7, 11) is 4.43. The SMILES string of the molecule is COC1C[C@@H]2CC[C@@H](C)[C@@](O)(O2)C(=O)C(=O)N2CCCC[C@H]2C(=O)O[C@H]([C@H](C)CC2CC[C@@H](OC(=O)C(C)(CO)CO)[C@H](OC)C2)CC(=O)[C@H](C)/C=C(\C)[C@@H](O)[C@@H](OC)C(=O)[C@H](C)C[C@H](C)/C=C/C=C/C=C/1C. The molecule has 0 radical (unpaired) electrons. The van der Waals surface area contributed by atoms with Crippen LogP contribution in [0.1, 0.15) is 132 Å². The summed E-state index contributed by atoms with van der Waals surface area (Å²) in [4.78, 5) is 85.4. The fourth-order valence-electron chi connectivity index (χ4n) is 10.7. The minimum Gasteiger partial charge on any atom is -0.460 e. The second kappa shape index (κ2) is 28.3. The zero-order valence-electron chi connectivity index (χ0n) is 45.3. The predicted octanol–water partition coefficient (Wildman–Crippen LogP) is 5.72. The van der Waals surface area contributed by atoms with Crippen LogP contribution in [0.3, 0.4) is 0 Å². The molecule has 1 saturated carbocycles. The van der Waals surface area contributed by atoms with Gasteiger partial charge in [-0.25, -0.2) is 4.79 Å². The van der Waals surface area contributed by atoms with E-state index >= 15 is 0 Å². The van der Waals surface area contributed by atoms with Gasteiger partial charge in [-0.3, -0.25) is 24.0 Å². The lowest BCUT2D eigenvalue weighted by Gasteiger charge is -2.42. The first-order chi connectivity index (χ1) is 34.5. The molecule has 3 heterocycles. The molecule has 2 bridgehead atoms. The van der Waals surface area contributed by atoms with Gasteiger partial charge in [-0.2, -0.15) is 0 Å². The van der Waals surface area contributed by atoms with Crippen LogP contribution >= 0.6 is 0 Å². The summed E-state index contributed by atoms with van der Waals surface area (Å²) in [6, 6.07) is -1.20. The Morgan fingerprint density at radius 1 is 0.863 bits per heavy atom. The number of hydrogen-bond acceptors (Lipinski definition) is 16. The molecule has 73 heavy (non-hydrogen) atoms. The molecule has 0 aromatic rings. The molecular weight excluding hydrogens is 943 g/mol. The second-order valence-corrected chi connectivity index (χ2v) is 21.8. The Kier molecular flexibility index (Phi) is 23.9. The van der Waals surface area contributed by atoms with Gasteiger partial charge in [0.2, 0.25) is 5.79 Å². The van der Waals surface area contributed by atoms with Gasteiger partial charge in [-0.1, -0.05) is 71.1 Å². The fourth-order valence-corrected chi connectivity index (χ4v) is 10.7. The smallest absolute Gasteiger partial charge is 0.329 e. The van der Waals surface area contributed by atoms with Gasteiger partial charge in [-0.05, 0) is 114 Å². The number of aliphatic hydroxyl groups excluding tert-OH is 3. The average Bonchev–Trinajstić information content (AvgIpc) is 3.37. The van der Waals surface area contributed by atoms with Crippen molar-refractivity contribution in [1.82, 2.24) is 4.90 Å². The van der Waals surface area contributed by atoms with E-state index in [1.165, 1.54) is 21.1 Å². The number of aliphatic hydroxyl groups is 4. The van der Waals surface area contributed by atoms with Gasteiger partial charge >= 0.3 is 11.9 Å². The lowest BCUT2D eigenvalue weighted by molar-refractivity contribution is -0.265. The number of hydrogen-bond donors (Lipinski definition) is 4. The number of methoxy groups -OCH3 is 3. The number of piperidine rings is 1. The van der Waals surface area contributed by atoms with Crippen LogP contribution in [0.2, 0.25) is 0 Å². The summed E-state index contributed by atoms with van der Waals surface area (Å²) in [5.74, 6) is -9.36. The number of ketones is 3. The zero-order valence-corrected chi connectivity index (χ0v) is 45.3. The lowest BCUT2D eigenvalue weighted by atomic mass is 9.78. The van der Waals surface area contributed by atoms with E-state index in [2.05, 4.69) is 0 Å². The van der Waals surface area contributed by atoms with Crippen molar-refractivity contribution in [3.05, 3.63) is 47.6 Å². The van der Waals surface area contributed by atoms with Gasteiger partial charge in [0.25, 0.3) is 11.7 Å². The molecule has 4 rings (SSSR count). The average molecular weight is 1030 g/mol. The number of cyclic esters (lactones) is 1. The first kappa shape index (κ1) is 61.6. The normalized spacial score (nSPS) is 37.4. The summed E-state index contributed by atoms with van der Waals surface area (Å²) in [6.45, 7) is 12.7. The van der Waals surface area contributed by atoms with Crippen LogP contribution in [0.4, 0.5) is 0 Å². The van der Waals surface area contributed by atoms with Gasteiger partial charge < -0.3 is 53.7 Å². The van der Waals surface area contributed by atoms with Crippen LogP contribution in [-0.2, 0) is 57.2 Å². The molecule has 17 heteroatoms. The molecular formula is C56H87NO16. The van der Waals surface area contributed by atoms with Crippen LogP contribution in [0, 0.1) is 40.9 Å². The molecule has 15 atom stereocenters. The van der Waals surface area contributed by atoms with Crippen molar-refractivity contribution < 1.29 is 77.6 Å². The number of esters is 2. The molecule has 4 N–H and O–H groups in total. The van der Waals surface area contributed by atoms with Crippen LogP contribution < -0.4 is 0 Å². The third-order valence-electron chi connectivity index (χ3n) is 15.9. The zero-order chi connectivity index (χ0) is 54.4. The van der Waals surface area contributed by atoms with Crippen molar-refractivity contribution in [2.45, 2.75) is 187 Å². The maximum absolute atomic E-state index is 14.5. The van der Waals surface area contributed by atoms with Gasteiger partial charge in [0.15, 0.2) is 5.78 Å². The largest absolute Gasteiger partial charge is 0.460 e. The second-order valence-electron chi connectivity index (χ2n) is 21.8. The highest BCUT2D eigenvalue weighted by molar-refractivity contribution is 6.39. The molecule has 0 aromatic carbocycles. The number of carbonyl (C=O) groups excluding carboxylic acids is 6. The number of allylic oxidation sites excluding steroid dienone is 6. The maximum atomic E-state index is 14.5. The van der Waals surface area contributed by atoms with E-state index < -0.39 is 120 Å². The van der Waals surface area contributed by atoms with E-state index in [0.29, 0.717) is 69.8 Å². The molecule has 4 aliphatic rings. The standard InChI is InChI=1S/C56H87NO16/c1-33-17-13-12-14-18-34(2)45(68-9)29-41-22-20-39(7)56(67,73-41)51(63)52(64)57-24-16-15-19-42(57)53(65)71-46(30-43(60)35(3)26-38(6)49(62)50(70-11)48(61)37(5)25-33)36(4)27-40-21-23-44(47(28-40)69-10)72-54(66)55(8,31-58)32-59/h12-14,17-18,26,33,35-37,39-42,44-47,49-50,58-59,62,67H,15-16,19-25,27-32H2,1-11H3/b14-12+,17-13+,34-18+,38-26+/t33-,35-,36-,37-,39-,40?,41+,42+,44-,45?,46+,47-,49-,50+,56-/m1/s1. The first-order valence-electron chi connectivity index (χ1n) is 26.4. The summed E-state index contributed by atoms with van der Waals surface area (Å²) >= 11 is 0. The van der Waals surface area contributed by atoms with Crippen molar-refractivity contribution in [2.24, 2.45) is 40.9 Å². The van der Waals surface area contributed by atoms with Crippen molar-refractivity contribution >= 4 is 35.2 Å². The Labute approximate surface area is 433 Å². The number of amides is 1. The molecule has 412 valence electrons. The molecule has 2 unspecified atom stereocenters. The quantitative estimate of drug-likeness (QED) is 0.116. The number of Topliss-reactive ketones (excluding diaryl/α,β-unsaturated/α-hetero) is 3. The van der Waals surface area contributed by atoms with Crippen LogP contribution in [-0.4, -0.2) is 156 Å². The number of carbonyl (C=O) groups is 6. The number of rotatable bonds is 10. The van der Waals surface area contributed by atoms with Crippen LogP contribution in [0.25, 0.3) is 0 Å². The van der Waals surface area contributed by atoms with E-state index in [-0.39, 0.29) is 42.8 Å². The molecule has 1 amide bonds. The molecule has 3 fully saturated rings.